The van der Waals surface area contributed by atoms with Gasteiger partial charge in [-0.3, -0.25) is 38.4 Å². The Bertz CT molecular complexity index is 2480. The van der Waals surface area contributed by atoms with E-state index in [0.717, 1.165) is 14.0 Å². The second-order valence-electron chi connectivity index (χ2n) is 24.5. The Kier molecular flexibility index (Phi) is 24.9. The van der Waals surface area contributed by atoms with Crippen LogP contribution in [0.2, 0.25) is 0 Å². The van der Waals surface area contributed by atoms with Crippen molar-refractivity contribution in [1.82, 2.24) is 29.8 Å². The van der Waals surface area contributed by atoms with Crippen molar-refractivity contribution in [1.29, 1.82) is 0 Å². The number of benzene rings is 2. The van der Waals surface area contributed by atoms with Gasteiger partial charge in [0.2, 0.25) is 29.5 Å². The van der Waals surface area contributed by atoms with Crippen molar-refractivity contribution in [3.05, 3.63) is 69.3 Å². The van der Waals surface area contributed by atoms with E-state index in [0.29, 0.717) is 24.8 Å². The zero-order valence-corrected chi connectivity index (χ0v) is 52.7. The van der Waals surface area contributed by atoms with Crippen LogP contribution in [-0.4, -0.2) is 166 Å². The molecule has 18 heteroatoms. The summed E-state index contributed by atoms with van der Waals surface area (Å²) in [4.78, 5) is 141. The molecule has 2 saturated heterocycles. The highest BCUT2D eigenvalue weighted by molar-refractivity contribution is 14.1. The standard InChI is InChI=1S/C62H93IN6O11/c1-17-39(9)46-34-49(70)43-28-29-69(35-43)59(76)48(32-42-24-26-45(63)27-25-42)65(13)58(75)47(31-41-22-20-19-21-23-41)64-55(72)52(38(7)8)67(15)60(77)53(40(10)18-2)80-61(78)54(62(11,12)79)68(16)56(73)44(30-36(3)4)33-50(71)51(37(5)6)66(14)57(46)74/h19-27,36-40,43-44,46-48,51-54,79H,17-18,28-35H2,1-16H3,(H,64,72)/t39?,40?,43-,44-,46+,47?,48+,51+,52+,53-,54-/m1/s1. The first kappa shape index (κ1) is 67.3. The number of nitrogens with zero attached hydrogens (tertiary/aromatic N) is 5. The zero-order chi connectivity index (χ0) is 60.2. The highest BCUT2D eigenvalue weighted by Crippen LogP contribution is 2.32. The predicted molar refractivity (Wildman–Crippen MR) is 316 cm³/mol. The first-order valence-corrected chi connectivity index (χ1v) is 29.9. The number of ether oxygens (including phenoxy) is 1. The highest BCUT2D eigenvalue weighted by atomic mass is 127. The summed E-state index contributed by atoms with van der Waals surface area (Å²) in [6.07, 6.45) is -0.334. The van der Waals surface area contributed by atoms with Gasteiger partial charge in [0.05, 0.1) is 11.6 Å². The number of aliphatic hydroxyl groups is 1. The third kappa shape index (κ3) is 17.2. The molecule has 17 nitrogen and oxygen atoms in total. The molecule has 3 unspecified atom stereocenters. The van der Waals surface area contributed by atoms with Gasteiger partial charge in [-0.25, -0.2) is 4.79 Å². The third-order valence-electron chi connectivity index (χ3n) is 16.6. The maximum absolute atomic E-state index is 15.2. The summed E-state index contributed by atoms with van der Waals surface area (Å²) < 4.78 is 7.10. The number of nitrogens with one attached hydrogen (secondary N) is 1. The Hall–Kier alpha value is -5.24. The molecule has 11 atom stereocenters. The normalized spacial score (nSPS) is 26.5. The monoisotopic (exact) mass is 1220 g/mol. The van der Waals surface area contributed by atoms with Crippen LogP contribution in [0.25, 0.3) is 0 Å². The molecule has 2 bridgehead atoms. The lowest BCUT2D eigenvalue weighted by Crippen LogP contribution is -2.61. The number of hydrogen-bond donors (Lipinski definition) is 2. The number of Topliss-reactive ketones (excluding diaryl/α,β-unsaturated/α-hetero) is 2. The Labute approximate surface area is 490 Å². The molecule has 2 aromatic carbocycles. The first-order valence-electron chi connectivity index (χ1n) is 28.8. The molecule has 2 aromatic rings. The molecule has 0 saturated carbocycles. The number of likely N-dealkylation sites (N-methyl/N-ethyl adjacent to an activating group) is 4. The van der Waals surface area contributed by atoms with Crippen LogP contribution in [0, 0.1) is 50.9 Å². The van der Waals surface area contributed by atoms with Crippen LogP contribution in [0.5, 0.6) is 0 Å². The fourth-order valence-corrected chi connectivity index (χ4v) is 12.0. The number of hydrogen-bond acceptors (Lipinski definition) is 11. The molecule has 4 rings (SSSR count). The van der Waals surface area contributed by atoms with E-state index in [1.165, 1.54) is 49.7 Å². The quantitative estimate of drug-likeness (QED) is 0.154. The van der Waals surface area contributed by atoms with Crippen molar-refractivity contribution in [3.8, 4) is 0 Å². The maximum Gasteiger partial charge on any atom is 0.332 e. The summed E-state index contributed by atoms with van der Waals surface area (Å²) in [6.45, 7) is 21.3. The number of amides is 6. The fourth-order valence-electron chi connectivity index (χ4n) is 11.6. The first-order chi connectivity index (χ1) is 37.4. The minimum atomic E-state index is -1.94. The third-order valence-corrected chi connectivity index (χ3v) is 17.3. The van der Waals surface area contributed by atoms with Gasteiger partial charge in [0.25, 0.3) is 5.91 Å². The van der Waals surface area contributed by atoms with Gasteiger partial charge >= 0.3 is 5.97 Å². The van der Waals surface area contributed by atoms with Crippen molar-refractivity contribution in [2.75, 3.05) is 41.3 Å². The van der Waals surface area contributed by atoms with Gasteiger partial charge in [-0.1, -0.05) is 118 Å². The number of fused-ring (bicyclic) bond motifs is 2. The van der Waals surface area contributed by atoms with E-state index in [2.05, 4.69) is 27.9 Å². The summed E-state index contributed by atoms with van der Waals surface area (Å²) in [5.74, 6) is -9.42. The Morgan fingerprint density at radius 1 is 0.650 bits per heavy atom. The molecule has 2 aliphatic heterocycles. The number of carbonyl (C=O) groups is 9. The van der Waals surface area contributed by atoms with Crippen molar-refractivity contribution in [2.45, 2.75) is 176 Å². The van der Waals surface area contributed by atoms with Crippen molar-refractivity contribution in [2.24, 2.45) is 47.3 Å². The van der Waals surface area contributed by atoms with Gasteiger partial charge in [-0.05, 0) is 103 Å². The lowest BCUT2D eigenvalue weighted by Gasteiger charge is -2.39. The SMILES string of the molecule is CCC(C)[C@@H]1CC(=O)[C@@H]2CCN(C2)C(=O)[C@H](Cc2ccc(I)cc2)N(C)C(=O)C(Cc2ccccc2)NC(=O)[C@H](C(C)C)N(C)C(=O)[C@@H](C(C)CC)OC(=O)[C@H](C(C)(C)O)N(C)C(=O)[C@H](CC(C)C)CC(=O)[C@H](C(C)C)N(C)C1=O. The number of carbonyl (C=O) groups excluding carboxylic acids is 9. The van der Waals surface area contributed by atoms with Gasteiger partial charge in [0.15, 0.2) is 17.9 Å². The smallest absolute Gasteiger partial charge is 0.332 e. The van der Waals surface area contributed by atoms with Crippen molar-refractivity contribution >= 4 is 75.6 Å². The second kappa shape index (κ2) is 29.7. The summed E-state index contributed by atoms with van der Waals surface area (Å²) in [5.41, 5.74) is -0.443. The summed E-state index contributed by atoms with van der Waals surface area (Å²) in [7, 11) is 5.87. The number of rotatable bonds is 13. The Balaban J connectivity index is 1.94. The summed E-state index contributed by atoms with van der Waals surface area (Å²) in [6, 6.07) is 10.5. The number of ketones is 2. The molecule has 6 amide bonds. The van der Waals surface area contributed by atoms with Crippen LogP contribution in [0.15, 0.2) is 54.6 Å². The van der Waals surface area contributed by atoms with E-state index in [1.54, 1.807) is 32.7 Å². The molecular weight excluding hydrogens is 1130 g/mol. The molecule has 2 N–H and O–H groups in total. The van der Waals surface area contributed by atoms with Crippen LogP contribution in [-0.2, 0) is 60.7 Å². The lowest BCUT2D eigenvalue weighted by molar-refractivity contribution is -0.178. The molecule has 2 heterocycles. The molecule has 0 aliphatic carbocycles. The van der Waals surface area contributed by atoms with Crippen LogP contribution in [0.3, 0.4) is 0 Å². The zero-order valence-electron chi connectivity index (χ0n) is 50.5. The van der Waals surface area contributed by atoms with E-state index in [9.17, 15) is 38.7 Å². The minimum Gasteiger partial charge on any atom is -0.450 e. The van der Waals surface area contributed by atoms with Gasteiger partial charge < -0.3 is 39.7 Å². The van der Waals surface area contributed by atoms with E-state index >= 15 is 9.59 Å². The molecule has 0 spiro atoms. The van der Waals surface area contributed by atoms with E-state index in [4.69, 9.17) is 4.74 Å². The van der Waals surface area contributed by atoms with Crippen molar-refractivity contribution in [3.63, 3.8) is 0 Å². The molecule has 0 aromatic heterocycles. The van der Waals surface area contributed by atoms with Crippen molar-refractivity contribution < 1.29 is 53.0 Å². The number of halogens is 1. The summed E-state index contributed by atoms with van der Waals surface area (Å²) >= 11 is 2.20. The largest absolute Gasteiger partial charge is 0.450 e. The minimum absolute atomic E-state index is 0.0238. The van der Waals surface area contributed by atoms with E-state index < -0.39 is 113 Å². The van der Waals surface area contributed by atoms with E-state index in [-0.39, 0.29) is 74.5 Å². The molecule has 0 radical (unpaired) electrons. The number of cyclic esters (lactones) is 1. The van der Waals surface area contributed by atoms with Gasteiger partial charge in [0, 0.05) is 94.2 Å². The number of esters is 1. The lowest BCUT2D eigenvalue weighted by atomic mass is 9.82. The average Bonchev–Trinajstić information content (AvgIpc) is 3.91. The molecule has 444 valence electrons. The molecular formula is C62H93IN6O11. The topological polar surface area (TPSA) is 211 Å². The molecule has 2 fully saturated rings. The van der Waals surface area contributed by atoms with E-state index in [1.807, 2.05) is 103 Å². The maximum atomic E-state index is 15.2. The highest BCUT2D eigenvalue weighted by Gasteiger charge is 2.47. The molecule has 80 heavy (non-hydrogen) atoms. The van der Waals surface area contributed by atoms with Crippen LogP contribution < -0.4 is 5.32 Å². The second-order valence-corrected chi connectivity index (χ2v) is 25.7. The summed E-state index contributed by atoms with van der Waals surface area (Å²) in [5, 5.41) is 14.7. The fraction of sp³-hybridized carbons (Fsp3) is 0.661. The average molecular weight is 1230 g/mol. The van der Waals surface area contributed by atoms with Crippen LogP contribution in [0.4, 0.5) is 0 Å². The van der Waals surface area contributed by atoms with Crippen LogP contribution in [0.1, 0.15) is 133 Å². The Morgan fingerprint density at radius 3 is 1.75 bits per heavy atom. The Morgan fingerprint density at radius 2 is 1.21 bits per heavy atom. The van der Waals surface area contributed by atoms with Gasteiger partial charge in [0.1, 0.15) is 23.9 Å². The van der Waals surface area contributed by atoms with Gasteiger partial charge in [-0.15, -0.1) is 0 Å². The predicted octanol–water partition coefficient (Wildman–Crippen LogP) is 7.02. The van der Waals surface area contributed by atoms with Gasteiger partial charge in [-0.2, -0.15) is 0 Å². The molecule has 2 aliphatic rings. The van der Waals surface area contributed by atoms with Crippen LogP contribution >= 0.6 is 22.6 Å².